The van der Waals surface area contributed by atoms with Crippen molar-refractivity contribution in [3.63, 3.8) is 0 Å². The van der Waals surface area contributed by atoms with Crippen LogP contribution in [0.4, 0.5) is 11.4 Å². The first-order valence-corrected chi connectivity index (χ1v) is 7.92. The maximum atomic E-state index is 11.9. The third kappa shape index (κ3) is 3.87. The number of nitrogens with zero attached hydrogens (tertiary/aromatic N) is 1. The number of rotatable bonds is 5. The summed E-state index contributed by atoms with van der Waals surface area (Å²) in [7, 11) is 0. The van der Waals surface area contributed by atoms with E-state index >= 15 is 0 Å². The maximum absolute atomic E-state index is 11.9. The van der Waals surface area contributed by atoms with Crippen LogP contribution >= 0.6 is 11.3 Å². The number of thiazole rings is 1. The summed E-state index contributed by atoms with van der Waals surface area (Å²) in [5.74, 6) is 0.242. The molecule has 3 aromatic rings. The second kappa shape index (κ2) is 6.93. The highest BCUT2D eigenvalue weighted by Gasteiger charge is 2.08. The minimum Gasteiger partial charge on any atom is -0.482 e. The van der Waals surface area contributed by atoms with Crippen LogP contribution in [0.3, 0.4) is 0 Å². The van der Waals surface area contributed by atoms with E-state index in [2.05, 4.69) is 10.3 Å². The van der Waals surface area contributed by atoms with Crippen molar-refractivity contribution < 1.29 is 9.53 Å². The van der Waals surface area contributed by atoms with Crippen molar-refractivity contribution >= 4 is 28.6 Å². The average Bonchev–Trinajstić information content (AvgIpc) is 3.09. The summed E-state index contributed by atoms with van der Waals surface area (Å²) >= 11 is 1.52. The second-order valence-corrected chi connectivity index (χ2v) is 5.55. The molecule has 0 bridgehead atoms. The number of nitrogens with two attached hydrogens (primary N) is 1. The van der Waals surface area contributed by atoms with E-state index in [1.807, 2.05) is 41.8 Å². The molecule has 5 nitrogen and oxygen atoms in total. The Morgan fingerprint density at radius 2 is 2.04 bits per heavy atom. The van der Waals surface area contributed by atoms with Crippen molar-refractivity contribution in [2.75, 3.05) is 17.7 Å². The zero-order valence-electron chi connectivity index (χ0n) is 12.2. The number of carbonyl (C=O) groups is 1. The van der Waals surface area contributed by atoms with Gasteiger partial charge in [0.05, 0.1) is 16.9 Å². The zero-order valence-corrected chi connectivity index (χ0v) is 13.0. The molecule has 116 valence electrons. The number of aromatic nitrogens is 1. The van der Waals surface area contributed by atoms with E-state index in [-0.39, 0.29) is 12.5 Å². The number of nitrogens with one attached hydrogen (secondary N) is 1. The van der Waals surface area contributed by atoms with E-state index in [1.54, 1.807) is 17.6 Å². The molecule has 1 amide bonds. The van der Waals surface area contributed by atoms with E-state index < -0.39 is 0 Å². The first kappa shape index (κ1) is 15.1. The molecule has 2 aromatic carbocycles. The van der Waals surface area contributed by atoms with Crippen molar-refractivity contribution in [3.05, 3.63) is 59.4 Å². The van der Waals surface area contributed by atoms with Crippen molar-refractivity contribution in [1.82, 2.24) is 4.98 Å². The lowest BCUT2D eigenvalue weighted by atomic mass is 10.1. The van der Waals surface area contributed by atoms with Crippen LogP contribution in [0.1, 0.15) is 0 Å². The first-order valence-electron chi connectivity index (χ1n) is 6.98. The fraction of sp³-hybridized carbons (Fsp3) is 0.0588. The van der Waals surface area contributed by atoms with E-state index in [9.17, 15) is 4.79 Å². The Labute approximate surface area is 137 Å². The molecular weight excluding hydrogens is 310 g/mol. The van der Waals surface area contributed by atoms with Gasteiger partial charge in [0.15, 0.2) is 6.61 Å². The summed E-state index contributed by atoms with van der Waals surface area (Å²) < 4.78 is 5.49. The van der Waals surface area contributed by atoms with Crippen molar-refractivity contribution in [3.8, 4) is 17.0 Å². The highest BCUT2D eigenvalue weighted by atomic mass is 32.1. The van der Waals surface area contributed by atoms with Gasteiger partial charge in [0.1, 0.15) is 5.75 Å². The van der Waals surface area contributed by atoms with Crippen LogP contribution in [0.25, 0.3) is 11.3 Å². The SMILES string of the molecule is Nc1cc(-c2cscn2)ccc1OCC(=O)Nc1ccccc1. The van der Waals surface area contributed by atoms with Gasteiger partial charge in [0.25, 0.3) is 5.91 Å². The third-order valence-corrected chi connectivity index (χ3v) is 3.74. The van der Waals surface area contributed by atoms with E-state index in [0.29, 0.717) is 11.4 Å². The highest BCUT2D eigenvalue weighted by molar-refractivity contribution is 7.07. The van der Waals surface area contributed by atoms with Gasteiger partial charge >= 0.3 is 0 Å². The molecule has 1 aromatic heterocycles. The normalized spacial score (nSPS) is 10.3. The summed E-state index contributed by atoms with van der Waals surface area (Å²) in [5, 5.41) is 4.70. The number of hydrogen-bond donors (Lipinski definition) is 2. The molecule has 23 heavy (non-hydrogen) atoms. The van der Waals surface area contributed by atoms with E-state index in [4.69, 9.17) is 10.5 Å². The second-order valence-electron chi connectivity index (χ2n) is 4.83. The lowest BCUT2D eigenvalue weighted by molar-refractivity contribution is -0.118. The molecule has 0 fully saturated rings. The molecule has 0 unspecified atom stereocenters. The number of benzene rings is 2. The minimum absolute atomic E-state index is 0.102. The molecule has 3 N–H and O–H groups in total. The summed E-state index contributed by atoms with van der Waals surface area (Å²) in [5.41, 5.74) is 10.7. The molecule has 0 aliphatic rings. The van der Waals surface area contributed by atoms with Crippen molar-refractivity contribution in [1.29, 1.82) is 0 Å². The third-order valence-electron chi connectivity index (χ3n) is 3.15. The van der Waals surface area contributed by atoms with Gasteiger partial charge in [-0.2, -0.15) is 0 Å². The minimum atomic E-state index is -0.237. The summed E-state index contributed by atoms with van der Waals surface area (Å²) in [6.45, 7) is -0.102. The number of nitrogen functional groups attached to an aromatic ring is 1. The van der Waals surface area contributed by atoms with Crippen LogP contribution in [0.5, 0.6) is 5.75 Å². The van der Waals surface area contributed by atoms with Gasteiger partial charge in [-0.25, -0.2) is 4.98 Å². The Kier molecular flexibility index (Phi) is 4.54. The van der Waals surface area contributed by atoms with Crippen LogP contribution in [-0.2, 0) is 4.79 Å². The Morgan fingerprint density at radius 1 is 1.22 bits per heavy atom. The Hall–Kier alpha value is -2.86. The number of carbonyl (C=O) groups excluding carboxylic acids is 1. The monoisotopic (exact) mass is 325 g/mol. The van der Waals surface area contributed by atoms with Gasteiger partial charge in [-0.05, 0) is 30.3 Å². The van der Waals surface area contributed by atoms with Gasteiger partial charge in [-0.1, -0.05) is 18.2 Å². The number of ether oxygens (including phenoxy) is 1. The zero-order chi connectivity index (χ0) is 16.1. The van der Waals surface area contributed by atoms with Crippen molar-refractivity contribution in [2.45, 2.75) is 0 Å². The molecule has 0 spiro atoms. The fourth-order valence-corrected chi connectivity index (χ4v) is 2.62. The van der Waals surface area contributed by atoms with Crippen LogP contribution in [0.15, 0.2) is 59.4 Å². The average molecular weight is 325 g/mol. The van der Waals surface area contributed by atoms with Gasteiger partial charge in [-0.3, -0.25) is 4.79 Å². The van der Waals surface area contributed by atoms with Gasteiger partial charge in [0, 0.05) is 16.6 Å². The van der Waals surface area contributed by atoms with E-state index in [1.165, 1.54) is 11.3 Å². The first-order chi connectivity index (χ1) is 11.2. The van der Waals surface area contributed by atoms with Gasteiger partial charge in [0.2, 0.25) is 0 Å². The Bertz CT molecular complexity index is 789. The topological polar surface area (TPSA) is 77.2 Å². The van der Waals surface area contributed by atoms with Gasteiger partial charge in [-0.15, -0.1) is 11.3 Å². The van der Waals surface area contributed by atoms with Crippen LogP contribution in [0.2, 0.25) is 0 Å². The molecule has 0 atom stereocenters. The molecule has 0 saturated heterocycles. The molecule has 0 aliphatic heterocycles. The van der Waals surface area contributed by atoms with Gasteiger partial charge < -0.3 is 15.8 Å². The maximum Gasteiger partial charge on any atom is 0.262 e. The molecule has 0 saturated carbocycles. The summed E-state index contributed by atoms with van der Waals surface area (Å²) in [4.78, 5) is 16.1. The van der Waals surface area contributed by atoms with Crippen LogP contribution in [0, 0.1) is 0 Å². The van der Waals surface area contributed by atoms with Crippen LogP contribution in [-0.4, -0.2) is 17.5 Å². The number of para-hydroxylation sites is 1. The standard InChI is InChI=1S/C17H15N3O2S/c18-14-8-12(15-10-23-11-19-15)6-7-16(14)22-9-17(21)20-13-4-2-1-3-5-13/h1-8,10-11H,9,18H2,(H,20,21). The quantitative estimate of drug-likeness (QED) is 0.705. The summed E-state index contributed by atoms with van der Waals surface area (Å²) in [6.07, 6.45) is 0. The van der Waals surface area contributed by atoms with E-state index in [0.717, 1.165) is 16.9 Å². The largest absolute Gasteiger partial charge is 0.482 e. The molecular formula is C17H15N3O2S. The lowest BCUT2D eigenvalue weighted by Crippen LogP contribution is -2.20. The predicted octanol–water partition coefficient (Wildman–Crippen LogP) is 3.41. The Morgan fingerprint density at radius 3 is 2.74 bits per heavy atom. The smallest absolute Gasteiger partial charge is 0.262 e. The van der Waals surface area contributed by atoms with Crippen LogP contribution < -0.4 is 15.8 Å². The molecule has 3 rings (SSSR count). The molecule has 0 radical (unpaired) electrons. The fourth-order valence-electron chi connectivity index (χ4n) is 2.06. The Balaban J connectivity index is 1.61. The summed E-state index contributed by atoms with van der Waals surface area (Å²) in [6, 6.07) is 14.6. The number of hydrogen-bond acceptors (Lipinski definition) is 5. The molecule has 6 heteroatoms. The molecule has 1 heterocycles. The highest BCUT2D eigenvalue weighted by Crippen LogP contribution is 2.28. The van der Waals surface area contributed by atoms with Crippen molar-refractivity contribution in [2.24, 2.45) is 0 Å². The predicted molar refractivity (Wildman–Crippen MR) is 92.5 cm³/mol. The lowest BCUT2D eigenvalue weighted by Gasteiger charge is -2.10. The number of anilines is 2. The number of amides is 1. The molecule has 0 aliphatic carbocycles.